The lowest BCUT2D eigenvalue weighted by atomic mass is 10.1. The highest BCUT2D eigenvalue weighted by Crippen LogP contribution is 2.24. The molecule has 0 aromatic heterocycles. The minimum absolute atomic E-state index is 0.314. The van der Waals surface area contributed by atoms with Crippen LogP contribution in [0.3, 0.4) is 0 Å². The molecule has 1 rings (SSSR count). The van der Waals surface area contributed by atoms with Gasteiger partial charge in [0.2, 0.25) is 0 Å². The van der Waals surface area contributed by atoms with E-state index in [1.165, 1.54) is 5.56 Å². The number of hydrogen-bond donors (Lipinski definition) is 1. The van der Waals surface area contributed by atoms with Crippen molar-refractivity contribution in [3.63, 3.8) is 0 Å². The minimum Gasteiger partial charge on any atom is -0.171 e. The van der Waals surface area contributed by atoms with Crippen LogP contribution >= 0.6 is 24.2 Å². The predicted octanol–water partition coefficient (Wildman–Crippen LogP) is 3.72. The highest BCUT2D eigenvalue weighted by Gasteiger charge is 2.02. The number of rotatable bonds is 2. The van der Waals surface area contributed by atoms with Crippen molar-refractivity contribution in [3.05, 3.63) is 34.9 Å². The molecule has 0 N–H and O–H groups in total. The Hall–Kier alpha value is -0.140. The Balaban J connectivity index is 2.86. The van der Waals surface area contributed by atoms with Gasteiger partial charge in [0.25, 0.3) is 0 Å². The van der Waals surface area contributed by atoms with E-state index >= 15 is 0 Å². The molecule has 0 radical (unpaired) electrons. The van der Waals surface area contributed by atoms with Crippen LogP contribution in [-0.2, 0) is 0 Å². The van der Waals surface area contributed by atoms with Gasteiger partial charge in [-0.1, -0.05) is 30.7 Å². The molecule has 60 valence electrons. The van der Waals surface area contributed by atoms with Gasteiger partial charge in [0.15, 0.2) is 0 Å². The molecule has 1 unspecified atom stereocenters. The lowest BCUT2D eigenvalue weighted by Crippen LogP contribution is -1.86. The second-order valence-corrected chi connectivity index (χ2v) is 3.54. The molecule has 1 aromatic rings. The van der Waals surface area contributed by atoms with Crippen LogP contribution < -0.4 is 0 Å². The average molecular weight is 187 g/mol. The zero-order valence-corrected chi connectivity index (χ0v) is 8.07. The summed E-state index contributed by atoms with van der Waals surface area (Å²) in [5.74, 6) is 0. The van der Waals surface area contributed by atoms with E-state index in [2.05, 4.69) is 19.6 Å². The molecule has 0 nitrogen and oxygen atoms in total. The first-order valence-corrected chi connectivity index (χ1v) is 4.57. The highest BCUT2D eigenvalue weighted by molar-refractivity contribution is 7.80. The molecule has 0 aliphatic carbocycles. The first kappa shape index (κ1) is 8.95. The lowest BCUT2D eigenvalue weighted by Gasteiger charge is -2.07. The summed E-state index contributed by atoms with van der Waals surface area (Å²) >= 11 is 10.2. The SMILES string of the molecule is CCC(S)c1cccc(Cl)c1. The summed E-state index contributed by atoms with van der Waals surface area (Å²) in [6.45, 7) is 2.11. The number of hydrogen-bond acceptors (Lipinski definition) is 1. The van der Waals surface area contributed by atoms with Crippen molar-refractivity contribution in [2.75, 3.05) is 0 Å². The quantitative estimate of drug-likeness (QED) is 0.669. The van der Waals surface area contributed by atoms with E-state index in [0.29, 0.717) is 5.25 Å². The summed E-state index contributed by atoms with van der Waals surface area (Å²) in [6, 6.07) is 7.84. The zero-order chi connectivity index (χ0) is 8.27. The monoisotopic (exact) mass is 186 g/mol. The van der Waals surface area contributed by atoms with E-state index in [9.17, 15) is 0 Å². The fraction of sp³-hybridized carbons (Fsp3) is 0.333. The van der Waals surface area contributed by atoms with E-state index in [4.69, 9.17) is 11.6 Å². The molecular formula is C9H11ClS. The fourth-order valence-corrected chi connectivity index (χ4v) is 1.31. The van der Waals surface area contributed by atoms with Gasteiger partial charge < -0.3 is 0 Å². The second kappa shape index (κ2) is 4.03. The van der Waals surface area contributed by atoms with Crippen molar-refractivity contribution < 1.29 is 0 Å². The maximum absolute atomic E-state index is 5.81. The van der Waals surface area contributed by atoms with E-state index in [0.717, 1.165) is 11.4 Å². The van der Waals surface area contributed by atoms with Crippen molar-refractivity contribution in [2.45, 2.75) is 18.6 Å². The smallest absolute Gasteiger partial charge is 0.0409 e. The molecule has 0 fully saturated rings. The summed E-state index contributed by atoms with van der Waals surface area (Å²) in [7, 11) is 0. The number of thiol groups is 1. The molecule has 0 aliphatic heterocycles. The van der Waals surface area contributed by atoms with Gasteiger partial charge in [-0.15, -0.1) is 0 Å². The average Bonchev–Trinajstić information content (AvgIpc) is 2.03. The largest absolute Gasteiger partial charge is 0.171 e. The minimum atomic E-state index is 0.314. The summed E-state index contributed by atoms with van der Waals surface area (Å²) in [5, 5.41) is 1.10. The van der Waals surface area contributed by atoms with E-state index < -0.39 is 0 Å². The summed E-state index contributed by atoms with van der Waals surface area (Å²) in [6.07, 6.45) is 1.03. The molecule has 2 heteroatoms. The molecule has 0 spiro atoms. The molecule has 0 saturated heterocycles. The highest BCUT2D eigenvalue weighted by atomic mass is 35.5. The molecule has 0 aliphatic rings. The van der Waals surface area contributed by atoms with Crippen LogP contribution in [0.1, 0.15) is 24.2 Å². The van der Waals surface area contributed by atoms with Gasteiger partial charge in [-0.3, -0.25) is 0 Å². The second-order valence-electron chi connectivity index (χ2n) is 2.48. The third-order valence-corrected chi connectivity index (χ3v) is 2.52. The summed E-state index contributed by atoms with van der Waals surface area (Å²) in [4.78, 5) is 0. The first-order chi connectivity index (χ1) is 5.24. The fourth-order valence-electron chi connectivity index (χ4n) is 0.950. The molecule has 1 atom stereocenters. The van der Waals surface area contributed by atoms with Crippen LogP contribution in [0.2, 0.25) is 5.02 Å². The van der Waals surface area contributed by atoms with Crippen molar-refractivity contribution in [2.24, 2.45) is 0 Å². The maximum Gasteiger partial charge on any atom is 0.0409 e. The van der Waals surface area contributed by atoms with Gasteiger partial charge in [-0.25, -0.2) is 0 Å². The Morgan fingerprint density at radius 1 is 1.55 bits per heavy atom. The van der Waals surface area contributed by atoms with Gasteiger partial charge in [0.1, 0.15) is 0 Å². The molecule has 0 amide bonds. The Kier molecular flexibility index (Phi) is 3.28. The van der Waals surface area contributed by atoms with Crippen LogP contribution in [0.15, 0.2) is 24.3 Å². The van der Waals surface area contributed by atoms with Crippen molar-refractivity contribution >= 4 is 24.2 Å². The van der Waals surface area contributed by atoms with E-state index in [1.54, 1.807) is 0 Å². The van der Waals surface area contributed by atoms with Gasteiger partial charge in [0, 0.05) is 10.3 Å². The van der Waals surface area contributed by atoms with Gasteiger partial charge in [-0.2, -0.15) is 12.6 Å². The summed E-state index contributed by atoms with van der Waals surface area (Å²) in [5.41, 5.74) is 1.20. The van der Waals surface area contributed by atoms with Crippen molar-refractivity contribution in [1.29, 1.82) is 0 Å². The third kappa shape index (κ3) is 2.42. The van der Waals surface area contributed by atoms with Crippen LogP contribution in [-0.4, -0.2) is 0 Å². The molecule has 0 bridgehead atoms. The first-order valence-electron chi connectivity index (χ1n) is 3.67. The number of halogens is 1. The predicted molar refractivity (Wildman–Crippen MR) is 53.5 cm³/mol. The molecule has 11 heavy (non-hydrogen) atoms. The van der Waals surface area contributed by atoms with Crippen LogP contribution in [0.5, 0.6) is 0 Å². The normalized spacial score (nSPS) is 13.0. The Morgan fingerprint density at radius 2 is 2.27 bits per heavy atom. The topological polar surface area (TPSA) is 0 Å². The lowest BCUT2D eigenvalue weighted by molar-refractivity contribution is 0.903. The van der Waals surface area contributed by atoms with Crippen LogP contribution in [0.4, 0.5) is 0 Å². The molecule has 1 aromatic carbocycles. The summed E-state index contributed by atoms with van der Waals surface area (Å²) < 4.78 is 0. The standard InChI is InChI=1S/C9H11ClS/c1-2-9(11)7-4-3-5-8(10)6-7/h3-6,9,11H,2H2,1H3. The Labute approximate surface area is 78.0 Å². The zero-order valence-electron chi connectivity index (χ0n) is 6.42. The molecular weight excluding hydrogens is 176 g/mol. The maximum atomic E-state index is 5.81. The van der Waals surface area contributed by atoms with Gasteiger partial charge in [-0.05, 0) is 24.1 Å². The van der Waals surface area contributed by atoms with Crippen LogP contribution in [0.25, 0.3) is 0 Å². The van der Waals surface area contributed by atoms with E-state index in [-0.39, 0.29) is 0 Å². The molecule has 0 saturated carbocycles. The van der Waals surface area contributed by atoms with Crippen LogP contribution in [0, 0.1) is 0 Å². The van der Waals surface area contributed by atoms with Crippen molar-refractivity contribution in [3.8, 4) is 0 Å². The van der Waals surface area contributed by atoms with Gasteiger partial charge >= 0.3 is 0 Å². The van der Waals surface area contributed by atoms with E-state index in [1.807, 2.05) is 24.3 Å². The van der Waals surface area contributed by atoms with Gasteiger partial charge in [0.05, 0.1) is 0 Å². The Bertz CT molecular complexity index is 235. The Morgan fingerprint density at radius 3 is 2.82 bits per heavy atom. The van der Waals surface area contributed by atoms with Crippen molar-refractivity contribution in [1.82, 2.24) is 0 Å². The third-order valence-electron chi connectivity index (χ3n) is 1.62. The molecule has 0 heterocycles. The number of benzene rings is 1.